The van der Waals surface area contributed by atoms with E-state index in [1.54, 1.807) is 6.20 Å². The Labute approximate surface area is 47.0 Å². The van der Waals surface area contributed by atoms with Crippen LogP contribution in [0.5, 0.6) is 0 Å². The number of nitrogens with zero attached hydrogens (tertiary/aromatic N) is 2. The summed E-state index contributed by atoms with van der Waals surface area (Å²) in [5.74, 6) is 0. The average Bonchev–Trinajstić information content (AvgIpc) is 2.14. The Kier molecular flexibility index (Phi) is 1.28. The van der Waals surface area contributed by atoms with E-state index >= 15 is 0 Å². The molecule has 0 aromatic carbocycles. The quantitative estimate of drug-likeness (QED) is 0.535. The molecule has 0 aliphatic carbocycles. The van der Waals surface area contributed by atoms with Crippen LogP contribution in [0.25, 0.3) is 0 Å². The van der Waals surface area contributed by atoms with Crippen LogP contribution >= 0.6 is 0 Å². The van der Waals surface area contributed by atoms with E-state index in [0.29, 0.717) is 0 Å². The van der Waals surface area contributed by atoms with E-state index in [9.17, 15) is 4.39 Å². The number of hydrogen-bond acceptors (Lipinski definition) is 1. The minimum Gasteiger partial charge on any atom is -0.306 e. The molecule has 0 spiro atoms. The van der Waals surface area contributed by atoms with Gasteiger partial charge in [-0.1, -0.05) is 0 Å². The fourth-order valence-corrected chi connectivity index (χ4v) is 0.512. The van der Waals surface area contributed by atoms with E-state index in [1.165, 1.54) is 10.9 Å². The van der Waals surface area contributed by atoms with Gasteiger partial charge in [0.05, 0.1) is 6.33 Å². The van der Waals surface area contributed by atoms with Crippen molar-refractivity contribution in [1.82, 2.24) is 9.55 Å². The van der Waals surface area contributed by atoms with Crippen LogP contribution in [-0.4, -0.2) is 9.55 Å². The highest BCUT2D eigenvalue weighted by Crippen LogP contribution is 1.94. The van der Waals surface area contributed by atoms with Crippen molar-refractivity contribution in [2.75, 3.05) is 0 Å². The Morgan fingerprint density at radius 1 is 1.88 bits per heavy atom. The molecule has 0 bridgehead atoms. The zero-order chi connectivity index (χ0) is 5.98. The third-order valence-electron chi connectivity index (χ3n) is 1.05. The van der Waals surface area contributed by atoms with Gasteiger partial charge in [-0.15, -0.1) is 0 Å². The summed E-state index contributed by atoms with van der Waals surface area (Å²) >= 11 is 0. The lowest BCUT2D eigenvalue weighted by Crippen LogP contribution is -1.91. The summed E-state index contributed by atoms with van der Waals surface area (Å²) in [6.45, 7) is 1.33. The summed E-state index contributed by atoms with van der Waals surface area (Å²) in [6, 6.07) is 0. The smallest absolute Gasteiger partial charge is 0.166 e. The molecule has 0 aliphatic heterocycles. The minimum absolute atomic E-state index is 0.480. The lowest BCUT2D eigenvalue weighted by atomic mass is 10.5. The SMILES string of the molecule is Cc1cncn1CF. The molecule has 1 heterocycles. The summed E-state index contributed by atoms with van der Waals surface area (Å²) in [5.41, 5.74) is 0.854. The van der Waals surface area contributed by atoms with E-state index in [2.05, 4.69) is 4.98 Å². The molecule has 1 aromatic heterocycles. The highest BCUT2D eigenvalue weighted by molar-refractivity contribution is 4.92. The van der Waals surface area contributed by atoms with Gasteiger partial charge in [0, 0.05) is 11.9 Å². The van der Waals surface area contributed by atoms with Gasteiger partial charge in [-0.05, 0) is 6.92 Å². The van der Waals surface area contributed by atoms with Crippen LogP contribution in [0.15, 0.2) is 12.5 Å². The monoisotopic (exact) mass is 114 g/mol. The molecule has 0 radical (unpaired) electrons. The maximum Gasteiger partial charge on any atom is 0.166 e. The molecule has 0 aliphatic rings. The first-order valence-corrected chi connectivity index (χ1v) is 2.37. The number of aromatic nitrogens is 2. The summed E-state index contributed by atoms with van der Waals surface area (Å²) < 4.78 is 13.2. The molecule has 0 saturated carbocycles. The van der Waals surface area contributed by atoms with E-state index in [-0.39, 0.29) is 0 Å². The molecular formula is C5H7FN2. The number of alkyl halides is 1. The molecule has 0 unspecified atom stereocenters. The molecule has 0 saturated heterocycles. The van der Waals surface area contributed by atoms with Gasteiger partial charge in [0.15, 0.2) is 6.80 Å². The zero-order valence-electron chi connectivity index (χ0n) is 4.63. The van der Waals surface area contributed by atoms with Gasteiger partial charge in [0.1, 0.15) is 0 Å². The van der Waals surface area contributed by atoms with Crippen molar-refractivity contribution in [3.8, 4) is 0 Å². The molecule has 0 N–H and O–H groups in total. The van der Waals surface area contributed by atoms with Crippen LogP contribution in [0.4, 0.5) is 4.39 Å². The molecule has 2 nitrogen and oxygen atoms in total. The lowest BCUT2D eigenvalue weighted by Gasteiger charge is -1.92. The van der Waals surface area contributed by atoms with E-state index < -0.39 is 6.80 Å². The molecule has 0 atom stereocenters. The van der Waals surface area contributed by atoms with E-state index in [0.717, 1.165) is 5.69 Å². The van der Waals surface area contributed by atoms with Gasteiger partial charge in [-0.3, -0.25) is 0 Å². The second-order valence-corrected chi connectivity index (χ2v) is 1.62. The van der Waals surface area contributed by atoms with Gasteiger partial charge < -0.3 is 4.57 Å². The first-order chi connectivity index (χ1) is 3.84. The Bertz CT molecular complexity index is 171. The van der Waals surface area contributed by atoms with Crippen LogP contribution in [0.2, 0.25) is 0 Å². The standard InChI is InChI=1S/C5H7FN2/c1-5-2-7-4-8(5)3-6/h2,4H,3H2,1H3. The molecule has 3 heteroatoms. The second kappa shape index (κ2) is 1.94. The zero-order valence-corrected chi connectivity index (χ0v) is 4.63. The molecule has 1 aromatic rings. The largest absolute Gasteiger partial charge is 0.306 e. The number of imidazole rings is 1. The Morgan fingerprint density at radius 2 is 2.62 bits per heavy atom. The van der Waals surface area contributed by atoms with Crippen molar-refractivity contribution in [3.05, 3.63) is 18.2 Å². The fourth-order valence-electron chi connectivity index (χ4n) is 0.512. The third kappa shape index (κ3) is 0.710. The van der Waals surface area contributed by atoms with Gasteiger partial charge in [-0.2, -0.15) is 0 Å². The van der Waals surface area contributed by atoms with Crippen molar-refractivity contribution >= 4 is 0 Å². The van der Waals surface area contributed by atoms with Crippen molar-refractivity contribution < 1.29 is 4.39 Å². The summed E-state index contributed by atoms with van der Waals surface area (Å²) in [4.78, 5) is 3.72. The molecule has 0 amide bonds. The van der Waals surface area contributed by atoms with Gasteiger partial charge in [0.2, 0.25) is 0 Å². The van der Waals surface area contributed by atoms with Crippen LogP contribution in [0.3, 0.4) is 0 Å². The van der Waals surface area contributed by atoms with E-state index in [4.69, 9.17) is 0 Å². The van der Waals surface area contributed by atoms with Crippen LogP contribution in [0, 0.1) is 6.92 Å². The minimum atomic E-state index is -0.480. The first kappa shape index (κ1) is 5.28. The summed E-state index contributed by atoms with van der Waals surface area (Å²) in [6.07, 6.45) is 3.09. The van der Waals surface area contributed by atoms with Crippen molar-refractivity contribution in [3.63, 3.8) is 0 Å². The topological polar surface area (TPSA) is 17.8 Å². The number of halogens is 1. The Balaban J connectivity index is 2.92. The van der Waals surface area contributed by atoms with Crippen molar-refractivity contribution in [1.29, 1.82) is 0 Å². The summed E-state index contributed by atoms with van der Waals surface area (Å²) in [5, 5.41) is 0. The lowest BCUT2D eigenvalue weighted by molar-refractivity contribution is 0.372. The Hall–Kier alpha value is -0.860. The Morgan fingerprint density at radius 3 is 2.88 bits per heavy atom. The predicted molar refractivity (Wildman–Crippen MR) is 28.1 cm³/mol. The number of rotatable bonds is 1. The molecule has 44 valence electrons. The summed E-state index contributed by atoms with van der Waals surface area (Å²) in [7, 11) is 0. The second-order valence-electron chi connectivity index (χ2n) is 1.62. The normalized spacial score (nSPS) is 9.75. The van der Waals surface area contributed by atoms with Crippen molar-refractivity contribution in [2.24, 2.45) is 0 Å². The maximum atomic E-state index is 11.7. The highest BCUT2D eigenvalue weighted by Gasteiger charge is 1.90. The molecular weight excluding hydrogens is 107 g/mol. The highest BCUT2D eigenvalue weighted by atomic mass is 19.1. The number of hydrogen-bond donors (Lipinski definition) is 0. The average molecular weight is 114 g/mol. The fraction of sp³-hybridized carbons (Fsp3) is 0.400. The van der Waals surface area contributed by atoms with Crippen molar-refractivity contribution in [2.45, 2.75) is 13.7 Å². The van der Waals surface area contributed by atoms with Crippen LogP contribution in [-0.2, 0) is 6.80 Å². The van der Waals surface area contributed by atoms with Gasteiger partial charge in [0.25, 0.3) is 0 Å². The molecule has 0 fully saturated rings. The third-order valence-corrected chi connectivity index (χ3v) is 1.05. The number of aryl methyl sites for hydroxylation is 1. The van der Waals surface area contributed by atoms with Crippen LogP contribution < -0.4 is 0 Å². The van der Waals surface area contributed by atoms with Crippen LogP contribution in [0.1, 0.15) is 5.69 Å². The first-order valence-electron chi connectivity index (χ1n) is 2.37. The molecule has 1 rings (SSSR count). The maximum absolute atomic E-state index is 11.7. The predicted octanol–water partition coefficient (Wildman–Crippen LogP) is 1.12. The molecule has 8 heavy (non-hydrogen) atoms. The van der Waals surface area contributed by atoms with Gasteiger partial charge in [-0.25, -0.2) is 9.37 Å². The van der Waals surface area contributed by atoms with Gasteiger partial charge >= 0.3 is 0 Å². The van der Waals surface area contributed by atoms with E-state index in [1.807, 2.05) is 6.92 Å².